The van der Waals surface area contributed by atoms with Crippen molar-refractivity contribution in [2.75, 3.05) is 0 Å². The molecule has 1 heteroatoms. The smallest absolute Gasteiger partial charge is 0.0250 e. The fourth-order valence-electron chi connectivity index (χ4n) is 3.18. The van der Waals surface area contributed by atoms with Crippen molar-refractivity contribution in [2.45, 2.75) is 27.2 Å². The zero-order chi connectivity index (χ0) is 13.6. The molecule has 0 bridgehead atoms. The molecule has 0 nitrogen and oxygen atoms in total. The second-order valence-electron chi connectivity index (χ2n) is 5.43. The van der Waals surface area contributed by atoms with E-state index in [1.807, 2.05) is 0 Å². The summed E-state index contributed by atoms with van der Waals surface area (Å²) in [6.45, 7) is 6.60. The summed E-state index contributed by atoms with van der Waals surface area (Å²) in [5, 5.41) is 0. The van der Waals surface area contributed by atoms with Gasteiger partial charge in [-0.25, -0.2) is 0 Å². The molecular weight excluding hydrogens is 296 g/mol. The van der Waals surface area contributed by atoms with Crippen molar-refractivity contribution in [1.82, 2.24) is 0 Å². The third kappa shape index (κ3) is 2.17. The van der Waals surface area contributed by atoms with E-state index in [9.17, 15) is 0 Å². The van der Waals surface area contributed by atoms with Gasteiger partial charge in [0, 0.05) is 4.47 Å². The van der Waals surface area contributed by atoms with Crippen LogP contribution in [0.4, 0.5) is 0 Å². The van der Waals surface area contributed by atoms with Gasteiger partial charge in [0.25, 0.3) is 0 Å². The molecule has 1 aliphatic carbocycles. The lowest BCUT2D eigenvalue weighted by Crippen LogP contribution is -1.94. The van der Waals surface area contributed by atoms with Gasteiger partial charge in [-0.1, -0.05) is 45.8 Å². The van der Waals surface area contributed by atoms with Crippen LogP contribution in [0.5, 0.6) is 0 Å². The number of fused-ring (bicyclic) bond motifs is 1. The van der Waals surface area contributed by atoms with Crippen LogP contribution in [0, 0.1) is 20.8 Å². The Morgan fingerprint density at radius 2 is 1.68 bits per heavy atom. The molecule has 3 rings (SSSR count). The van der Waals surface area contributed by atoms with Crippen LogP contribution >= 0.6 is 15.9 Å². The van der Waals surface area contributed by atoms with Crippen LogP contribution in [0.1, 0.15) is 33.4 Å². The minimum absolute atomic E-state index is 1.04. The van der Waals surface area contributed by atoms with E-state index < -0.39 is 0 Å². The Balaban J connectivity index is 2.13. The number of hydrogen-bond donors (Lipinski definition) is 0. The van der Waals surface area contributed by atoms with E-state index in [1.54, 1.807) is 0 Å². The summed E-state index contributed by atoms with van der Waals surface area (Å²) in [6, 6.07) is 11.0. The van der Waals surface area contributed by atoms with Gasteiger partial charge < -0.3 is 0 Å². The van der Waals surface area contributed by atoms with Crippen molar-refractivity contribution in [3.63, 3.8) is 0 Å². The van der Waals surface area contributed by atoms with Gasteiger partial charge >= 0.3 is 0 Å². The highest BCUT2D eigenvalue weighted by atomic mass is 79.9. The van der Waals surface area contributed by atoms with Gasteiger partial charge in [-0.3, -0.25) is 0 Å². The molecule has 1 aliphatic rings. The quantitative estimate of drug-likeness (QED) is 0.655. The SMILES string of the molecule is Cc1cc(C)c(C2=Cc3c(Br)cccc3C2)c(C)c1. The van der Waals surface area contributed by atoms with Gasteiger partial charge in [0.05, 0.1) is 0 Å². The third-order valence-corrected chi connectivity index (χ3v) is 4.53. The zero-order valence-corrected chi connectivity index (χ0v) is 13.1. The molecule has 0 saturated heterocycles. The second kappa shape index (κ2) is 4.64. The summed E-state index contributed by atoms with van der Waals surface area (Å²) in [5.74, 6) is 0. The van der Waals surface area contributed by atoms with Gasteiger partial charge in [0.2, 0.25) is 0 Å². The predicted molar refractivity (Wildman–Crippen MR) is 86.4 cm³/mol. The van der Waals surface area contributed by atoms with Crippen LogP contribution in [0.25, 0.3) is 11.6 Å². The molecule has 0 N–H and O–H groups in total. The Kier molecular flexibility index (Phi) is 3.10. The Bertz CT molecular complexity index is 670. The number of benzene rings is 2. The van der Waals surface area contributed by atoms with Crippen LogP contribution < -0.4 is 0 Å². The monoisotopic (exact) mass is 312 g/mol. The molecule has 0 spiro atoms. The Labute approximate surface area is 123 Å². The molecule has 96 valence electrons. The highest BCUT2D eigenvalue weighted by Gasteiger charge is 2.18. The Morgan fingerprint density at radius 1 is 1.00 bits per heavy atom. The van der Waals surface area contributed by atoms with Crippen molar-refractivity contribution in [3.8, 4) is 0 Å². The minimum Gasteiger partial charge on any atom is -0.0608 e. The molecule has 2 aromatic rings. The zero-order valence-electron chi connectivity index (χ0n) is 11.5. The molecule has 0 amide bonds. The van der Waals surface area contributed by atoms with E-state index in [4.69, 9.17) is 0 Å². The predicted octanol–water partition coefficient (Wildman–Crippen LogP) is 5.47. The van der Waals surface area contributed by atoms with E-state index in [0.29, 0.717) is 0 Å². The van der Waals surface area contributed by atoms with E-state index in [1.165, 1.54) is 43.4 Å². The molecule has 0 radical (unpaired) electrons. The lowest BCUT2D eigenvalue weighted by molar-refractivity contribution is 1.24. The molecule has 0 saturated carbocycles. The average molecular weight is 313 g/mol. The second-order valence-corrected chi connectivity index (χ2v) is 6.29. The van der Waals surface area contributed by atoms with Crippen molar-refractivity contribution in [3.05, 3.63) is 68.2 Å². The van der Waals surface area contributed by atoms with Gasteiger partial charge in [-0.15, -0.1) is 0 Å². The van der Waals surface area contributed by atoms with Gasteiger partial charge in [0.15, 0.2) is 0 Å². The van der Waals surface area contributed by atoms with E-state index in [-0.39, 0.29) is 0 Å². The maximum absolute atomic E-state index is 3.65. The summed E-state index contributed by atoms with van der Waals surface area (Å²) in [7, 11) is 0. The molecule has 0 heterocycles. The molecule has 0 unspecified atom stereocenters. The lowest BCUT2D eigenvalue weighted by Gasteiger charge is -2.12. The molecule has 0 aliphatic heterocycles. The van der Waals surface area contributed by atoms with Crippen LogP contribution in [-0.4, -0.2) is 0 Å². The summed E-state index contributed by atoms with van der Waals surface area (Å²) in [6.07, 6.45) is 3.38. The van der Waals surface area contributed by atoms with Crippen LogP contribution in [0.3, 0.4) is 0 Å². The van der Waals surface area contributed by atoms with Crippen LogP contribution in [-0.2, 0) is 6.42 Å². The largest absolute Gasteiger partial charge is 0.0608 e. The van der Waals surface area contributed by atoms with Crippen molar-refractivity contribution >= 4 is 27.6 Å². The number of hydrogen-bond acceptors (Lipinski definition) is 0. The molecule has 19 heavy (non-hydrogen) atoms. The molecule has 0 aromatic heterocycles. The van der Waals surface area contributed by atoms with Crippen LogP contribution in [0.2, 0.25) is 0 Å². The first-order valence-corrected chi connectivity index (χ1v) is 7.42. The molecule has 0 atom stereocenters. The minimum atomic E-state index is 1.04. The third-order valence-electron chi connectivity index (χ3n) is 3.84. The topological polar surface area (TPSA) is 0 Å². The van der Waals surface area contributed by atoms with Crippen LogP contribution in [0.15, 0.2) is 34.8 Å². The summed E-state index contributed by atoms with van der Waals surface area (Å²) in [5.41, 5.74) is 9.74. The Morgan fingerprint density at radius 3 is 2.32 bits per heavy atom. The van der Waals surface area contributed by atoms with E-state index in [0.717, 1.165) is 6.42 Å². The molecular formula is C18H17Br. The first-order valence-electron chi connectivity index (χ1n) is 6.62. The Hall–Kier alpha value is -1.34. The number of allylic oxidation sites excluding steroid dienone is 1. The fraction of sp³-hybridized carbons (Fsp3) is 0.222. The maximum Gasteiger partial charge on any atom is 0.0250 e. The number of rotatable bonds is 1. The first kappa shape index (κ1) is 12.7. The van der Waals surface area contributed by atoms with Crippen molar-refractivity contribution in [2.24, 2.45) is 0 Å². The number of aryl methyl sites for hydroxylation is 3. The van der Waals surface area contributed by atoms with Gasteiger partial charge in [-0.2, -0.15) is 0 Å². The highest BCUT2D eigenvalue weighted by Crippen LogP contribution is 2.37. The van der Waals surface area contributed by atoms with Crippen molar-refractivity contribution in [1.29, 1.82) is 0 Å². The molecule has 2 aromatic carbocycles. The summed E-state index contributed by atoms with van der Waals surface area (Å²) < 4.78 is 1.20. The van der Waals surface area contributed by atoms with E-state index in [2.05, 4.69) is 73.1 Å². The summed E-state index contributed by atoms with van der Waals surface area (Å²) in [4.78, 5) is 0. The van der Waals surface area contributed by atoms with Crippen molar-refractivity contribution < 1.29 is 0 Å². The maximum atomic E-state index is 3.65. The fourth-order valence-corrected chi connectivity index (χ4v) is 3.70. The normalized spacial score (nSPS) is 13.4. The number of halogens is 1. The average Bonchev–Trinajstić information content (AvgIpc) is 2.72. The van der Waals surface area contributed by atoms with E-state index >= 15 is 0 Å². The van der Waals surface area contributed by atoms with Gasteiger partial charge in [-0.05, 0) is 72.7 Å². The summed E-state index contributed by atoms with van der Waals surface area (Å²) >= 11 is 3.65. The van der Waals surface area contributed by atoms with Gasteiger partial charge in [0.1, 0.15) is 0 Å². The molecule has 0 fully saturated rings. The standard InChI is InChI=1S/C18H17Br/c1-11-7-12(2)18(13(3)8-11)15-9-14-5-4-6-17(19)16(14)10-15/h4-8,10H,9H2,1-3H3. The highest BCUT2D eigenvalue weighted by molar-refractivity contribution is 9.10. The lowest BCUT2D eigenvalue weighted by atomic mass is 9.93. The first-order chi connectivity index (χ1) is 9.06.